The zero-order chi connectivity index (χ0) is 19.4. The number of aryl methyl sites for hydroxylation is 1. The minimum atomic E-state index is -4.45. The minimum absolute atomic E-state index is 0.0866. The van der Waals surface area contributed by atoms with Gasteiger partial charge in [-0.1, -0.05) is 6.07 Å². The molecule has 0 saturated carbocycles. The van der Waals surface area contributed by atoms with Crippen LogP contribution in [0.5, 0.6) is 0 Å². The number of benzene rings is 1. The predicted octanol–water partition coefficient (Wildman–Crippen LogP) is 4.07. The van der Waals surface area contributed by atoms with Crippen LogP contribution in [-0.4, -0.2) is 15.9 Å². The van der Waals surface area contributed by atoms with Gasteiger partial charge in [-0.2, -0.15) is 13.2 Å². The Bertz CT molecular complexity index is 940. The van der Waals surface area contributed by atoms with Gasteiger partial charge in [-0.05, 0) is 37.3 Å². The number of nitrogens with one attached hydrogen (secondary N) is 2. The Hall–Kier alpha value is -3.36. The molecule has 0 fully saturated rings. The molecular formula is C18H15F3N4O2. The summed E-state index contributed by atoms with van der Waals surface area (Å²) in [6.45, 7) is 1.77. The number of rotatable bonds is 5. The Kier molecular flexibility index (Phi) is 5.11. The van der Waals surface area contributed by atoms with Gasteiger partial charge in [0.25, 0.3) is 5.91 Å². The number of carbonyl (C=O) groups is 1. The molecule has 0 spiro atoms. The van der Waals surface area contributed by atoms with Gasteiger partial charge in [-0.15, -0.1) is 0 Å². The normalized spacial score (nSPS) is 11.3. The summed E-state index contributed by atoms with van der Waals surface area (Å²) in [5.41, 5.74) is -0.497. The number of furan rings is 1. The highest BCUT2D eigenvalue weighted by Gasteiger charge is 2.30. The maximum atomic E-state index is 12.8. The number of aromatic nitrogens is 2. The second-order valence-electron chi connectivity index (χ2n) is 5.65. The maximum Gasteiger partial charge on any atom is 0.416 e. The first kappa shape index (κ1) is 18.4. The Balaban J connectivity index is 1.76. The first-order chi connectivity index (χ1) is 12.8. The molecule has 2 heterocycles. The SMILES string of the molecule is Cc1nc(Nc2cccc(C(F)(F)F)c2)cc(C(=O)NCc2ccco2)n1. The number of halogens is 3. The van der Waals surface area contributed by atoms with Crippen molar-refractivity contribution in [3.05, 3.63) is 71.6 Å². The number of hydrogen-bond donors (Lipinski definition) is 2. The molecule has 0 unspecified atom stereocenters. The Morgan fingerprint density at radius 2 is 1.96 bits per heavy atom. The molecule has 140 valence electrons. The molecule has 6 nitrogen and oxygen atoms in total. The van der Waals surface area contributed by atoms with Crippen molar-refractivity contribution in [2.45, 2.75) is 19.6 Å². The van der Waals surface area contributed by atoms with Gasteiger partial charge in [0.05, 0.1) is 18.4 Å². The second-order valence-corrected chi connectivity index (χ2v) is 5.65. The highest BCUT2D eigenvalue weighted by atomic mass is 19.4. The molecule has 0 aliphatic carbocycles. The number of nitrogens with zero attached hydrogens (tertiary/aromatic N) is 2. The van der Waals surface area contributed by atoms with Crippen molar-refractivity contribution < 1.29 is 22.4 Å². The molecule has 1 amide bonds. The molecule has 1 aromatic carbocycles. The van der Waals surface area contributed by atoms with Gasteiger partial charge in [-0.25, -0.2) is 9.97 Å². The summed E-state index contributed by atoms with van der Waals surface area (Å²) in [5, 5.41) is 5.42. The third-order valence-electron chi connectivity index (χ3n) is 3.54. The van der Waals surface area contributed by atoms with E-state index in [0.29, 0.717) is 11.6 Å². The number of carbonyl (C=O) groups excluding carboxylic acids is 1. The second kappa shape index (κ2) is 7.48. The average molecular weight is 376 g/mol. The van der Waals surface area contributed by atoms with Crippen LogP contribution in [0, 0.1) is 6.92 Å². The van der Waals surface area contributed by atoms with E-state index in [1.54, 1.807) is 19.1 Å². The molecule has 3 rings (SSSR count). The Morgan fingerprint density at radius 3 is 2.67 bits per heavy atom. The summed E-state index contributed by atoms with van der Waals surface area (Å²) in [4.78, 5) is 20.4. The van der Waals surface area contributed by atoms with E-state index in [1.165, 1.54) is 24.5 Å². The van der Waals surface area contributed by atoms with Crippen LogP contribution in [0.3, 0.4) is 0 Å². The molecule has 2 N–H and O–H groups in total. The third kappa shape index (κ3) is 4.84. The number of anilines is 2. The lowest BCUT2D eigenvalue weighted by atomic mass is 10.2. The van der Waals surface area contributed by atoms with Gasteiger partial charge in [0.15, 0.2) is 0 Å². The number of alkyl halides is 3. The largest absolute Gasteiger partial charge is 0.467 e. The van der Waals surface area contributed by atoms with E-state index < -0.39 is 17.6 Å². The summed E-state index contributed by atoms with van der Waals surface area (Å²) in [5.74, 6) is 0.639. The van der Waals surface area contributed by atoms with E-state index >= 15 is 0 Å². The van der Waals surface area contributed by atoms with Gasteiger partial charge in [0.2, 0.25) is 0 Å². The van der Waals surface area contributed by atoms with Crippen LogP contribution in [0.25, 0.3) is 0 Å². The monoisotopic (exact) mass is 376 g/mol. The van der Waals surface area contributed by atoms with Crippen molar-refractivity contribution in [2.24, 2.45) is 0 Å². The molecule has 3 aromatic rings. The zero-order valence-corrected chi connectivity index (χ0v) is 14.2. The number of amides is 1. The lowest BCUT2D eigenvalue weighted by Gasteiger charge is -2.11. The van der Waals surface area contributed by atoms with E-state index in [9.17, 15) is 18.0 Å². The third-order valence-corrected chi connectivity index (χ3v) is 3.54. The van der Waals surface area contributed by atoms with E-state index in [1.807, 2.05) is 0 Å². The van der Waals surface area contributed by atoms with Crippen LogP contribution in [0.1, 0.15) is 27.6 Å². The van der Waals surface area contributed by atoms with Gasteiger partial charge in [-0.3, -0.25) is 4.79 Å². The molecule has 0 bridgehead atoms. The molecule has 0 saturated heterocycles. The van der Waals surface area contributed by atoms with Crippen molar-refractivity contribution >= 4 is 17.4 Å². The van der Waals surface area contributed by atoms with E-state index in [0.717, 1.165) is 12.1 Å². The summed E-state index contributed by atoms with van der Waals surface area (Å²) >= 11 is 0. The average Bonchev–Trinajstić information content (AvgIpc) is 3.12. The lowest BCUT2D eigenvalue weighted by molar-refractivity contribution is -0.137. The molecule has 27 heavy (non-hydrogen) atoms. The zero-order valence-electron chi connectivity index (χ0n) is 14.2. The Morgan fingerprint density at radius 1 is 1.15 bits per heavy atom. The van der Waals surface area contributed by atoms with Crippen LogP contribution in [0.15, 0.2) is 53.1 Å². The molecule has 2 aromatic heterocycles. The van der Waals surface area contributed by atoms with Crippen molar-refractivity contribution in [3.8, 4) is 0 Å². The Labute approximate surface area is 152 Å². The molecule has 9 heteroatoms. The molecule has 0 atom stereocenters. The van der Waals surface area contributed by atoms with Crippen LogP contribution in [0.2, 0.25) is 0 Å². The predicted molar refractivity (Wildman–Crippen MR) is 91.4 cm³/mol. The summed E-state index contributed by atoms with van der Waals surface area (Å²) < 4.78 is 43.6. The van der Waals surface area contributed by atoms with E-state index in [2.05, 4.69) is 20.6 Å². The van der Waals surface area contributed by atoms with Crippen molar-refractivity contribution in [1.29, 1.82) is 0 Å². The summed E-state index contributed by atoms with van der Waals surface area (Å²) in [7, 11) is 0. The van der Waals surface area contributed by atoms with Crippen molar-refractivity contribution in [1.82, 2.24) is 15.3 Å². The van der Waals surface area contributed by atoms with Gasteiger partial charge in [0.1, 0.15) is 23.1 Å². The fraction of sp³-hybridized carbons (Fsp3) is 0.167. The highest BCUT2D eigenvalue weighted by molar-refractivity contribution is 5.93. The first-order valence-corrected chi connectivity index (χ1v) is 7.92. The topological polar surface area (TPSA) is 80.0 Å². The maximum absolute atomic E-state index is 12.8. The fourth-order valence-corrected chi connectivity index (χ4v) is 2.34. The van der Waals surface area contributed by atoms with Gasteiger partial charge >= 0.3 is 6.18 Å². The quantitative estimate of drug-likeness (QED) is 0.702. The van der Waals surface area contributed by atoms with Crippen LogP contribution in [-0.2, 0) is 12.7 Å². The molecule has 0 aliphatic heterocycles. The minimum Gasteiger partial charge on any atom is -0.467 e. The van der Waals surface area contributed by atoms with Crippen molar-refractivity contribution in [2.75, 3.05) is 5.32 Å². The van der Waals surface area contributed by atoms with Gasteiger partial charge in [0, 0.05) is 11.8 Å². The van der Waals surface area contributed by atoms with Crippen LogP contribution in [0.4, 0.5) is 24.7 Å². The van der Waals surface area contributed by atoms with E-state index in [4.69, 9.17) is 4.42 Å². The van der Waals surface area contributed by atoms with Crippen LogP contribution >= 0.6 is 0 Å². The smallest absolute Gasteiger partial charge is 0.416 e. The van der Waals surface area contributed by atoms with Gasteiger partial charge < -0.3 is 15.1 Å². The van der Waals surface area contributed by atoms with E-state index in [-0.39, 0.29) is 23.7 Å². The number of hydrogen-bond acceptors (Lipinski definition) is 5. The summed E-state index contributed by atoms with van der Waals surface area (Å²) in [6, 6.07) is 9.49. The lowest BCUT2D eigenvalue weighted by Crippen LogP contribution is -2.24. The molecule has 0 aliphatic rings. The van der Waals surface area contributed by atoms with Crippen molar-refractivity contribution in [3.63, 3.8) is 0 Å². The van der Waals surface area contributed by atoms with Crippen LogP contribution < -0.4 is 10.6 Å². The highest BCUT2D eigenvalue weighted by Crippen LogP contribution is 2.31. The standard InChI is InChI=1S/C18H15F3N4O2/c1-11-23-15(17(26)22-10-14-6-3-7-27-14)9-16(24-11)25-13-5-2-4-12(8-13)18(19,20)21/h2-9H,10H2,1H3,(H,22,26)(H,23,24,25). The summed E-state index contributed by atoms with van der Waals surface area (Å²) in [6.07, 6.45) is -2.95. The first-order valence-electron chi connectivity index (χ1n) is 7.92. The fourth-order valence-electron chi connectivity index (χ4n) is 2.34. The molecule has 0 radical (unpaired) electrons. The molecular weight excluding hydrogens is 361 g/mol.